The summed E-state index contributed by atoms with van der Waals surface area (Å²) in [4.78, 5) is 51.5. The minimum atomic E-state index is -0.378. The number of para-hydroxylation sites is 2. The molecule has 0 atom stereocenters. The summed E-state index contributed by atoms with van der Waals surface area (Å²) in [7, 11) is 0. The molecule has 0 aliphatic carbocycles. The van der Waals surface area contributed by atoms with Crippen LogP contribution in [0.1, 0.15) is 41.4 Å². The molecular formula is C40H30N4O5. The predicted molar refractivity (Wildman–Crippen MR) is 191 cm³/mol. The number of carbonyl (C=O) groups excluding carboxylic acids is 4. The normalized spacial score (nSPS) is 10.4. The summed E-state index contributed by atoms with van der Waals surface area (Å²) >= 11 is 0. The summed E-state index contributed by atoms with van der Waals surface area (Å²) in [5, 5.41) is 11.3. The number of benzene rings is 6. The second kappa shape index (κ2) is 15.1. The third-order valence-electron chi connectivity index (χ3n) is 7.37. The molecule has 4 N–H and O–H groups in total. The molecule has 0 radical (unpaired) electrons. The molecule has 0 spiro atoms. The maximum Gasteiger partial charge on any atom is 0.257 e. The molecule has 0 fully saturated rings. The van der Waals surface area contributed by atoms with Crippen LogP contribution in [0.3, 0.4) is 0 Å². The van der Waals surface area contributed by atoms with Crippen LogP contribution in [-0.2, 0) is 0 Å². The van der Waals surface area contributed by atoms with Crippen LogP contribution in [0.15, 0.2) is 158 Å². The fourth-order valence-electron chi connectivity index (χ4n) is 4.89. The minimum Gasteiger partial charge on any atom is -0.457 e. The van der Waals surface area contributed by atoms with E-state index in [4.69, 9.17) is 4.74 Å². The Morgan fingerprint density at radius 1 is 0.347 bits per heavy atom. The van der Waals surface area contributed by atoms with Crippen molar-refractivity contribution in [3.05, 3.63) is 180 Å². The third kappa shape index (κ3) is 8.24. The number of nitrogens with one attached hydrogen (secondary N) is 4. The molecule has 0 aliphatic heterocycles. The monoisotopic (exact) mass is 646 g/mol. The van der Waals surface area contributed by atoms with Crippen molar-refractivity contribution < 1.29 is 23.9 Å². The molecule has 9 heteroatoms. The van der Waals surface area contributed by atoms with Crippen LogP contribution in [0.25, 0.3) is 0 Å². The van der Waals surface area contributed by atoms with Gasteiger partial charge < -0.3 is 26.0 Å². The minimum absolute atomic E-state index is 0.312. The van der Waals surface area contributed by atoms with Gasteiger partial charge in [0.1, 0.15) is 11.5 Å². The number of ether oxygens (including phenoxy) is 1. The molecule has 0 heterocycles. The van der Waals surface area contributed by atoms with Crippen molar-refractivity contribution in [1.82, 2.24) is 0 Å². The lowest BCUT2D eigenvalue weighted by Crippen LogP contribution is -2.18. The molecule has 6 aromatic rings. The Morgan fingerprint density at radius 2 is 0.694 bits per heavy atom. The zero-order chi connectivity index (χ0) is 34.0. The van der Waals surface area contributed by atoms with E-state index >= 15 is 0 Å². The number of rotatable bonds is 10. The maximum absolute atomic E-state index is 13.1. The molecule has 49 heavy (non-hydrogen) atoms. The summed E-state index contributed by atoms with van der Waals surface area (Å²) in [6, 6.07) is 44.8. The van der Waals surface area contributed by atoms with Gasteiger partial charge in [0.05, 0.1) is 22.5 Å². The Hall–Kier alpha value is -7.00. The first kappa shape index (κ1) is 32.0. The lowest BCUT2D eigenvalue weighted by Gasteiger charge is -2.13. The third-order valence-corrected chi connectivity index (χ3v) is 7.37. The van der Waals surface area contributed by atoms with E-state index in [-0.39, 0.29) is 23.6 Å². The Bertz CT molecular complexity index is 1950. The van der Waals surface area contributed by atoms with E-state index in [1.807, 2.05) is 12.1 Å². The smallest absolute Gasteiger partial charge is 0.257 e. The molecule has 4 amide bonds. The van der Waals surface area contributed by atoms with Gasteiger partial charge in [0.25, 0.3) is 23.6 Å². The highest BCUT2D eigenvalue weighted by molar-refractivity contribution is 6.13. The van der Waals surface area contributed by atoms with Gasteiger partial charge in [-0.15, -0.1) is 0 Å². The van der Waals surface area contributed by atoms with Gasteiger partial charge in [0.2, 0.25) is 0 Å². The highest BCUT2D eigenvalue weighted by Gasteiger charge is 2.16. The van der Waals surface area contributed by atoms with Gasteiger partial charge in [-0.05, 0) is 97.1 Å². The van der Waals surface area contributed by atoms with Crippen LogP contribution in [0.2, 0.25) is 0 Å². The van der Waals surface area contributed by atoms with Gasteiger partial charge in [-0.25, -0.2) is 0 Å². The predicted octanol–water partition coefficient (Wildman–Crippen LogP) is 8.49. The molecule has 6 aromatic carbocycles. The first-order valence-electron chi connectivity index (χ1n) is 15.3. The number of amides is 4. The molecule has 0 aromatic heterocycles. The van der Waals surface area contributed by atoms with Crippen LogP contribution >= 0.6 is 0 Å². The fourth-order valence-corrected chi connectivity index (χ4v) is 4.89. The molecule has 0 unspecified atom stereocenters. The lowest BCUT2D eigenvalue weighted by molar-refractivity contribution is 0.101. The van der Waals surface area contributed by atoms with Crippen molar-refractivity contribution in [2.45, 2.75) is 0 Å². The summed E-state index contributed by atoms with van der Waals surface area (Å²) in [5.74, 6) is -0.310. The fraction of sp³-hybridized carbons (Fsp3) is 0. The molecule has 240 valence electrons. The van der Waals surface area contributed by atoms with Crippen LogP contribution in [-0.4, -0.2) is 23.6 Å². The number of hydrogen-bond acceptors (Lipinski definition) is 5. The number of hydrogen-bond donors (Lipinski definition) is 4. The first-order valence-corrected chi connectivity index (χ1v) is 15.3. The van der Waals surface area contributed by atoms with Crippen LogP contribution < -0.4 is 26.0 Å². The topological polar surface area (TPSA) is 126 Å². The Labute approximate surface area is 282 Å². The van der Waals surface area contributed by atoms with Crippen molar-refractivity contribution in [3.63, 3.8) is 0 Å². The summed E-state index contributed by atoms with van der Waals surface area (Å²) in [6.07, 6.45) is 0. The van der Waals surface area contributed by atoms with Crippen LogP contribution in [0, 0.1) is 0 Å². The van der Waals surface area contributed by atoms with Crippen molar-refractivity contribution >= 4 is 46.4 Å². The number of carbonyl (C=O) groups is 4. The molecular weight excluding hydrogens is 616 g/mol. The van der Waals surface area contributed by atoms with Gasteiger partial charge in [0.15, 0.2) is 0 Å². The summed E-state index contributed by atoms with van der Waals surface area (Å²) in [6.45, 7) is 0. The zero-order valence-electron chi connectivity index (χ0n) is 26.1. The highest BCUT2D eigenvalue weighted by atomic mass is 16.5. The van der Waals surface area contributed by atoms with Crippen molar-refractivity contribution in [2.75, 3.05) is 21.3 Å². The maximum atomic E-state index is 13.1. The standard InChI is InChI=1S/C40H30N4O5/c45-37(27-11-3-1-4-12-27)43-35-17-9-7-15-33(35)39(47)41-29-19-23-31(24-20-29)49-32-25-21-30(22-26-32)42-40(48)34-16-8-10-18-36(34)44-38(46)28-13-5-2-6-14-28/h1-26H,(H,41,47)(H,42,48)(H,43,45)(H,44,46). The summed E-state index contributed by atoms with van der Waals surface area (Å²) in [5.41, 5.74) is 3.49. The SMILES string of the molecule is O=C(Nc1ccccc1C(=O)Nc1ccc(Oc2ccc(NC(=O)c3ccccc3NC(=O)c3ccccc3)cc2)cc1)c1ccccc1. The van der Waals surface area contributed by atoms with E-state index in [2.05, 4.69) is 21.3 Å². The van der Waals surface area contributed by atoms with Crippen LogP contribution in [0.5, 0.6) is 11.5 Å². The van der Waals surface area contributed by atoms with Gasteiger partial charge in [-0.2, -0.15) is 0 Å². The van der Waals surface area contributed by atoms with Gasteiger partial charge in [-0.1, -0.05) is 60.7 Å². The largest absolute Gasteiger partial charge is 0.457 e. The molecule has 0 saturated carbocycles. The average Bonchev–Trinajstić information content (AvgIpc) is 3.14. The van der Waals surface area contributed by atoms with Crippen LogP contribution in [0.4, 0.5) is 22.7 Å². The van der Waals surface area contributed by atoms with Crippen molar-refractivity contribution in [2.24, 2.45) is 0 Å². The van der Waals surface area contributed by atoms with Gasteiger partial charge in [-0.3, -0.25) is 19.2 Å². The highest BCUT2D eigenvalue weighted by Crippen LogP contribution is 2.26. The molecule has 0 bridgehead atoms. The molecule has 0 aliphatic rings. The van der Waals surface area contributed by atoms with Crippen molar-refractivity contribution in [1.29, 1.82) is 0 Å². The van der Waals surface area contributed by atoms with Gasteiger partial charge >= 0.3 is 0 Å². The zero-order valence-corrected chi connectivity index (χ0v) is 26.1. The Balaban J connectivity index is 1.04. The molecule has 9 nitrogen and oxygen atoms in total. The summed E-state index contributed by atoms with van der Waals surface area (Å²) < 4.78 is 5.96. The number of anilines is 4. The van der Waals surface area contributed by atoms with E-state index in [1.165, 1.54) is 0 Å². The quantitative estimate of drug-likeness (QED) is 0.119. The van der Waals surface area contributed by atoms with Gasteiger partial charge in [0, 0.05) is 22.5 Å². The lowest BCUT2D eigenvalue weighted by atomic mass is 10.1. The second-order valence-electron chi connectivity index (χ2n) is 10.8. The molecule has 0 saturated heterocycles. The average molecular weight is 647 g/mol. The van der Waals surface area contributed by atoms with E-state index < -0.39 is 0 Å². The van der Waals surface area contributed by atoms with E-state index in [0.29, 0.717) is 56.5 Å². The van der Waals surface area contributed by atoms with E-state index in [9.17, 15) is 19.2 Å². The molecule has 6 rings (SSSR count). The second-order valence-corrected chi connectivity index (χ2v) is 10.8. The van der Waals surface area contributed by atoms with E-state index in [1.54, 1.807) is 146 Å². The Kier molecular flexibility index (Phi) is 9.82. The first-order chi connectivity index (χ1) is 23.9. The van der Waals surface area contributed by atoms with Crippen molar-refractivity contribution in [3.8, 4) is 11.5 Å². The Morgan fingerprint density at radius 3 is 1.08 bits per heavy atom. The van der Waals surface area contributed by atoms with E-state index in [0.717, 1.165) is 0 Å².